The number of carbonyl (C=O) groups is 2. The first-order valence-corrected chi connectivity index (χ1v) is 8.65. The van der Waals surface area contributed by atoms with Crippen molar-refractivity contribution in [2.75, 3.05) is 6.61 Å². The van der Waals surface area contributed by atoms with Crippen LogP contribution < -0.4 is 0 Å². The Kier molecular flexibility index (Phi) is 6.37. The molecule has 0 aliphatic carbocycles. The zero-order valence-corrected chi connectivity index (χ0v) is 14.8. The minimum absolute atomic E-state index is 0.210. The van der Waals surface area contributed by atoms with Gasteiger partial charge in [-0.3, -0.25) is 0 Å². The maximum Gasteiger partial charge on any atom is 0.338 e. The Balaban J connectivity index is 1.82. The SMILES string of the molecule is O=C(O[C@H]1[C@H](O)[C@@H](CO)O[C@H](O)[C@H]1OC(=O)c1ccccc1)c1ccccc1. The highest BCUT2D eigenvalue weighted by Gasteiger charge is 2.49. The van der Waals surface area contributed by atoms with Crippen molar-refractivity contribution in [3.8, 4) is 0 Å². The molecule has 0 saturated carbocycles. The molecular formula is C20H20O8. The fourth-order valence-corrected chi connectivity index (χ4v) is 2.85. The van der Waals surface area contributed by atoms with Gasteiger partial charge in [0.15, 0.2) is 18.5 Å². The van der Waals surface area contributed by atoms with Crippen LogP contribution in [0.4, 0.5) is 0 Å². The molecule has 1 saturated heterocycles. The third kappa shape index (κ3) is 4.37. The molecule has 1 aliphatic heterocycles. The van der Waals surface area contributed by atoms with E-state index in [1.165, 1.54) is 24.3 Å². The molecule has 148 valence electrons. The Bertz CT molecular complexity index is 794. The van der Waals surface area contributed by atoms with Gasteiger partial charge in [0.25, 0.3) is 0 Å². The van der Waals surface area contributed by atoms with Gasteiger partial charge in [-0.05, 0) is 24.3 Å². The number of benzene rings is 2. The van der Waals surface area contributed by atoms with E-state index in [1.807, 2.05) is 0 Å². The second-order valence-corrected chi connectivity index (χ2v) is 6.21. The minimum atomic E-state index is -1.71. The van der Waals surface area contributed by atoms with Crippen molar-refractivity contribution < 1.29 is 39.1 Å². The second-order valence-electron chi connectivity index (χ2n) is 6.21. The van der Waals surface area contributed by atoms with E-state index in [0.29, 0.717) is 0 Å². The number of hydrogen-bond donors (Lipinski definition) is 3. The molecule has 2 aromatic rings. The highest BCUT2D eigenvalue weighted by Crippen LogP contribution is 2.26. The van der Waals surface area contributed by atoms with E-state index in [9.17, 15) is 24.9 Å². The van der Waals surface area contributed by atoms with Gasteiger partial charge < -0.3 is 29.5 Å². The summed E-state index contributed by atoms with van der Waals surface area (Å²) in [5, 5.41) is 30.0. The maximum atomic E-state index is 12.4. The summed E-state index contributed by atoms with van der Waals surface area (Å²) in [6.45, 7) is -0.628. The van der Waals surface area contributed by atoms with Gasteiger partial charge in [0.2, 0.25) is 0 Å². The van der Waals surface area contributed by atoms with Crippen LogP contribution in [0.15, 0.2) is 60.7 Å². The molecule has 3 rings (SSSR count). The molecule has 0 bridgehead atoms. The predicted octanol–water partition coefficient (Wildman–Crippen LogP) is 0.508. The first kappa shape index (κ1) is 20.0. The fraction of sp³-hybridized carbons (Fsp3) is 0.300. The molecule has 8 heteroatoms. The third-order valence-electron chi connectivity index (χ3n) is 4.32. The molecule has 0 aromatic heterocycles. The summed E-state index contributed by atoms with van der Waals surface area (Å²) in [6.07, 6.45) is -7.37. The molecule has 0 unspecified atom stereocenters. The summed E-state index contributed by atoms with van der Waals surface area (Å²) in [6, 6.07) is 16.0. The number of carbonyl (C=O) groups excluding carboxylic acids is 2. The van der Waals surface area contributed by atoms with Crippen LogP contribution in [0.3, 0.4) is 0 Å². The molecule has 1 fully saturated rings. The fourth-order valence-electron chi connectivity index (χ4n) is 2.85. The zero-order chi connectivity index (χ0) is 20.1. The van der Waals surface area contributed by atoms with Crippen molar-refractivity contribution in [2.24, 2.45) is 0 Å². The number of rotatable bonds is 5. The first-order valence-electron chi connectivity index (χ1n) is 8.65. The van der Waals surface area contributed by atoms with Gasteiger partial charge in [-0.15, -0.1) is 0 Å². The number of ether oxygens (including phenoxy) is 3. The van der Waals surface area contributed by atoms with Crippen molar-refractivity contribution in [1.82, 2.24) is 0 Å². The van der Waals surface area contributed by atoms with Gasteiger partial charge in [0.05, 0.1) is 17.7 Å². The van der Waals surface area contributed by atoms with Crippen LogP contribution in [-0.2, 0) is 14.2 Å². The summed E-state index contributed by atoms with van der Waals surface area (Å²) < 4.78 is 15.7. The average Bonchev–Trinajstić information content (AvgIpc) is 2.73. The van der Waals surface area contributed by atoms with Crippen molar-refractivity contribution >= 4 is 11.9 Å². The van der Waals surface area contributed by atoms with Crippen molar-refractivity contribution in [3.05, 3.63) is 71.8 Å². The molecule has 1 heterocycles. The molecule has 28 heavy (non-hydrogen) atoms. The van der Waals surface area contributed by atoms with E-state index in [2.05, 4.69) is 0 Å². The predicted molar refractivity (Wildman–Crippen MR) is 95.3 cm³/mol. The van der Waals surface area contributed by atoms with Gasteiger partial charge in [-0.2, -0.15) is 0 Å². The monoisotopic (exact) mass is 388 g/mol. The summed E-state index contributed by atoms with van der Waals surface area (Å²) in [7, 11) is 0. The van der Waals surface area contributed by atoms with Crippen LogP contribution >= 0.6 is 0 Å². The van der Waals surface area contributed by atoms with Crippen LogP contribution in [-0.4, -0.2) is 64.6 Å². The van der Waals surface area contributed by atoms with Crippen LogP contribution in [0.2, 0.25) is 0 Å². The lowest BCUT2D eigenvalue weighted by atomic mass is 9.98. The van der Waals surface area contributed by atoms with Gasteiger partial charge in [-0.1, -0.05) is 36.4 Å². The van der Waals surface area contributed by atoms with Crippen molar-refractivity contribution in [1.29, 1.82) is 0 Å². The first-order chi connectivity index (χ1) is 13.5. The van der Waals surface area contributed by atoms with Crippen LogP contribution in [0.1, 0.15) is 20.7 Å². The second kappa shape index (κ2) is 8.94. The van der Waals surface area contributed by atoms with Crippen molar-refractivity contribution in [2.45, 2.75) is 30.7 Å². The van der Waals surface area contributed by atoms with E-state index < -0.39 is 49.3 Å². The number of aliphatic hydroxyl groups is 3. The van der Waals surface area contributed by atoms with Crippen LogP contribution in [0, 0.1) is 0 Å². The van der Waals surface area contributed by atoms with Gasteiger partial charge in [0.1, 0.15) is 12.2 Å². The molecule has 3 N–H and O–H groups in total. The molecule has 0 spiro atoms. The summed E-state index contributed by atoms with van der Waals surface area (Å²) in [5.41, 5.74) is 0.422. The Hall–Kier alpha value is -2.78. The summed E-state index contributed by atoms with van der Waals surface area (Å²) in [4.78, 5) is 24.8. The van der Waals surface area contributed by atoms with Crippen molar-refractivity contribution in [3.63, 3.8) is 0 Å². The third-order valence-corrected chi connectivity index (χ3v) is 4.32. The Morgan fingerprint density at radius 2 is 1.29 bits per heavy atom. The minimum Gasteiger partial charge on any atom is -0.452 e. The number of hydrogen-bond acceptors (Lipinski definition) is 8. The molecule has 1 aliphatic rings. The highest BCUT2D eigenvalue weighted by atomic mass is 16.7. The molecular weight excluding hydrogens is 368 g/mol. The molecule has 5 atom stereocenters. The van der Waals surface area contributed by atoms with Gasteiger partial charge in [0, 0.05) is 0 Å². The van der Waals surface area contributed by atoms with E-state index in [1.54, 1.807) is 36.4 Å². The summed E-state index contributed by atoms with van der Waals surface area (Å²) >= 11 is 0. The lowest BCUT2D eigenvalue weighted by Crippen LogP contribution is -2.61. The van der Waals surface area contributed by atoms with Crippen LogP contribution in [0.5, 0.6) is 0 Å². The smallest absolute Gasteiger partial charge is 0.338 e. The zero-order valence-electron chi connectivity index (χ0n) is 14.8. The molecule has 0 amide bonds. The van der Waals surface area contributed by atoms with Crippen LogP contribution in [0.25, 0.3) is 0 Å². The molecule has 2 aromatic carbocycles. The standard InChI is InChI=1S/C20H20O8/c21-11-14-15(22)16(27-18(23)12-7-3-1-4-8-12)17(20(25)26-14)28-19(24)13-9-5-2-6-10-13/h1-10,14-17,20-22,25H,11H2/t14-,15-,16+,17+,20+/m1/s1. The molecule has 8 nitrogen and oxygen atoms in total. The normalized spacial score (nSPS) is 27.0. The van der Waals surface area contributed by atoms with E-state index in [-0.39, 0.29) is 11.1 Å². The lowest BCUT2D eigenvalue weighted by molar-refractivity contribution is -0.285. The van der Waals surface area contributed by atoms with Gasteiger partial charge >= 0.3 is 11.9 Å². The van der Waals surface area contributed by atoms with E-state index in [0.717, 1.165) is 0 Å². The Morgan fingerprint density at radius 3 is 1.75 bits per heavy atom. The van der Waals surface area contributed by atoms with E-state index >= 15 is 0 Å². The lowest BCUT2D eigenvalue weighted by Gasteiger charge is -2.41. The average molecular weight is 388 g/mol. The summed E-state index contributed by atoms with van der Waals surface area (Å²) in [5.74, 6) is -1.57. The Labute approximate surface area is 160 Å². The quantitative estimate of drug-likeness (QED) is 0.633. The topological polar surface area (TPSA) is 123 Å². The van der Waals surface area contributed by atoms with Gasteiger partial charge in [-0.25, -0.2) is 9.59 Å². The number of esters is 2. The molecule has 0 radical (unpaired) electrons. The largest absolute Gasteiger partial charge is 0.452 e. The maximum absolute atomic E-state index is 12.4. The highest BCUT2D eigenvalue weighted by molar-refractivity contribution is 5.90. The number of aliphatic hydroxyl groups excluding tert-OH is 3. The van der Waals surface area contributed by atoms with E-state index in [4.69, 9.17) is 14.2 Å². The Morgan fingerprint density at radius 1 is 0.821 bits per heavy atom.